The molecule has 1 atom stereocenters. The van der Waals surface area contributed by atoms with Crippen molar-refractivity contribution in [2.75, 3.05) is 46.4 Å². The summed E-state index contributed by atoms with van der Waals surface area (Å²) in [5.74, 6) is 0.621. The highest BCUT2D eigenvalue weighted by molar-refractivity contribution is 7.10. The molecule has 0 bridgehead atoms. The first-order valence-electron chi connectivity index (χ1n) is 12.3. The van der Waals surface area contributed by atoms with E-state index in [9.17, 15) is 14.0 Å². The molecule has 2 aromatic carbocycles. The second-order valence-corrected chi connectivity index (χ2v) is 10.3. The van der Waals surface area contributed by atoms with Crippen LogP contribution in [0.1, 0.15) is 27.6 Å². The Morgan fingerprint density at radius 1 is 0.972 bits per heavy atom. The van der Waals surface area contributed by atoms with Crippen molar-refractivity contribution < 1.29 is 18.7 Å². The Morgan fingerprint density at radius 3 is 2.39 bits per heavy atom. The lowest BCUT2D eigenvalue weighted by Crippen LogP contribution is -2.53. The summed E-state index contributed by atoms with van der Waals surface area (Å²) >= 11 is 1.72. The highest BCUT2D eigenvalue weighted by Crippen LogP contribution is 2.37. The lowest BCUT2D eigenvalue weighted by molar-refractivity contribution is -0.140. The predicted molar refractivity (Wildman–Crippen MR) is 138 cm³/mol. The Labute approximate surface area is 214 Å². The third kappa shape index (κ3) is 5.29. The molecule has 188 valence electrons. The highest BCUT2D eigenvalue weighted by Gasteiger charge is 2.33. The van der Waals surface area contributed by atoms with Crippen molar-refractivity contribution >= 4 is 23.2 Å². The highest BCUT2D eigenvalue weighted by atomic mass is 32.1. The van der Waals surface area contributed by atoms with Crippen molar-refractivity contribution in [2.45, 2.75) is 18.9 Å². The van der Waals surface area contributed by atoms with Gasteiger partial charge >= 0.3 is 0 Å². The molecule has 0 aliphatic carbocycles. The number of hydrogen-bond acceptors (Lipinski definition) is 5. The van der Waals surface area contributed by atoms with E-state index < -0.39 is 0 Å². The van der Waals surface area contributed by atoms with Crippen molar-refractivity contribution in [3.05, 3.63) is 87.4 Å². The number of thiophene rings is 1. The molecule has 5 rings (SSSR count). The monoisotopic (exact) mass is 507 g/mol. The van der Waals surface area contributed by atoms with Gasteiger partial charge in [0.15, 0.2) is 0 Å². The molecular weight excluding hydrogens is 477 g/mol. The lowest BCUT2D eigenvalue weighted by atomic mass is 9.93. The fourth-order valence-electron chi connectivity index (χ4n) is 5.11. The van der Waals surface area contributed by atoms with Crippen molar-refractivity contribution in [3.8, 4) is 5.75 Å². The molecule has 2 aliphatic rings. The van der Waals surface area contributed by atoms with Crippen LogP contribution in [0.15, 0.2) is 60.0 Å². The van der Waals surface area contributed by atoms with Crippen LogP contribution in [0.25, 0.3) is 0 Å². The first kappa shape index (κ1) is 24.5. The van der Waals surface area contributed by atoms with E-state index >= 15 is 0 Å². The van der Waals surface area contributed by atoms with Gasteiger partial charge in [-0.05, 0) is 58.8 Å². The minimum absolute atomic E-state index is 0.0531. The molecule has 0 spiro atoms. The Balaban J connectivity index is 1.20. The molecule has 8 heteroatoms. The van der Waals surface area contributed by atoms with Gasteiger partial charge in [0.2, 0.25) is 11.8 Å². The van der Waals surface area contributed by atoms with Gasteiger partial charge in [0.25, 0.3) is 0 Å². The molecular formula is C28H30FN3O3S. The molecule has 1 saturated heterocycles. The number of fused-ring (bicyclic) bond motifs is 1. The zero-order valence-electron chi connectivity index (χ0n) is 20.4. The molecule has 1 aromatic heterocycles. The SMILES string of the molecule is COc1ccc(CC(=O)N2CCN(C(=O)CN3CCc4sccc4[C@H]3c3cccc(F)c3)CC2)cc1. The smallest absolute Gasteiger partial charge is 0.236 e. The zero-order chi connectivity index (χ0) is 25.1. The first-order chi connectivity index (χ1) is 17.5. The standard InChI is InChI=1S/C28H30FN3O3S/c1-35-23-7-5-20(6-8-23)17-26(33)30-12-14-31(15-13-30)27(34)19-32-11-9-25-24(10-16-36-25)28(32)21-3-2-4-22(29)18-21/h2-8,10,16,18,28H,9,11-15,17,19H2,1H3/t28-/m1/s1. The van der Waals surface area contributed by atoms with E-state index in [1.807, 2.05) is 40.1 Å². The van der Waals surface area contributed by atoms with Gasteiger partial charge in [-0.15, -0.1) is 11.3 Å². The largest absolute Gasteiger partial charge is 0.497 e. The topological polar surface area (TPSA) is 53.1 Å². The van der Waals surface area contributed by atoms with E-state index in [2.05, 4.69) is 16.3 Å². The summed E-state index contributed by atoms with van der Waals surface area (Å²) < 4.78 is 19.2. The Morgan fingerprint density at radius 2 is 1.69 bits per heavy atom. The van der Waals surface area contributed by atoms with Crippen LogP contribution in [0.5, 0.6) is 5.75 Å². The summed E-state index contributed by atoms with van der Waals surface area (Å²) in [6.45, 7) is 3.13. The molecule has 2 aliphatic heterocycles. The van der Waals surface area contributed by atoms with Gasteiger partial charge < -0.3 is 14.5 Å². The van der Waals surface area contributed by atoms with Crippen LogP contribution >= 0.6 is 11.3 Å². The second-order valence-electron chi connectivity index (χ2n) is 9.26. The maximum absolute atomic E-state index is 14.0. The number of nitrogens with zero attached hydrogens (tertiary/aromatic N) is 3. The number of halogens is 1. The Hall–Kier alpha value is -3.23. The van der Waals surface area contributed by atoms with Crippen molar-refractivity contribution in [2.24, 2.45) is 0 Å². The lowest BCUT2D eigenvalue weighted by Gasteiger charge is -2.39. The average Bonchev–Trinajstić information content (AvgIpc) is 3.38. The van der Waals surface area contributed by atoms with E-state index in [0.717, 1.165) is 29.8 Å². The van der Waals surface area contributed by atoms with Crippen LogP contribution in [-0.4, -0.2) is 72.9 Å². The van der Waals surface area contributed by atoms with E-state index in [-0.39, 0.29) is 30.2 Å². The number of carbonyl (C=O) groups excluding carboxylic acids is 2. The summed E-state index contributed by atoms with van der Waals surface area (Å²) in [6, 6.07) is 16.2. The minimum atomic E-state index is -0.267. The molecule has 6 nitrogen and oxygen atoms in total. The molecule has 3 aromatic rings. The third-order valence-corrected chi connectivity index (χ3v) is 8.06. The van der Waals surface area contributed by atoms with Crippen LogP contribution in [-0.2, 0) is 22.4 Å². The maximum Gasteiger partial charge on any atom is 0.236 e. The summed E-state index contributed by atoms with van der Waals surface area (Å²) in [5, 5.41) is 2.07. The Kier molecular flexibility index (Phi) is 7.34. The molecule has 3 heterocycles. The second kappa shape index (κ2) is 10.8. The van der Waals surface area contributed by atoms with Crippen LogP contribution in [0.4, 0.5) is 4.39 Å². The van der Waals surface area contributed by atoms with E-state index in [1.54, 1.807) is 30.6 Å². The van der Waals surface area contributed by atoms with Gasteiger partial charge in [-0.3, -0.25) is 14.5 Å². The quantitative estimate of drug-likeness (QED) is 0.510. The molecule has 0 radical (unpaired) electrons. The predicted octanol–water partition coefficient (Wildman–Crippen LogP) is 3.76. The van der Waals surface area contributed by atoms with E-state index in [1.165, 1.54) is 16.5 Å². The number of hydrogen-bond donors (Lipinski definition) is 0. The third-order valence-electron chi connectivity index (χ3n) is 7.07. The van der Waals surface area contributed by atoms with E-state index in [0.29, 0.717) is 32.6 Å². The summed E-state index contributed by atoms with van der Waals surface area (Å²) in [7, 11) is 1.62. The zero-order valence-corrected chi connectivity index (χ0v) is 21.2. The van der Waals surface area contributed by atoms with Gasteiger partial charge in [-0.1, -0.05) is 24.3 Å². The number of methoxy groups -OCH3 is 1. The summed E-state index contributed by atoms with van der Waals surface area (Å²) in [4.78, 5) is 33.2. The number of carbonyl (C=O) groups is 2. The van der Waals surface area contributed by atoms with Gasteiger partial charge in [-0.25, -0.2) is 4.39 Å². The van der Waals surface area contributed by atoms with E-state index in [4.69, 9.17) is 4.74 Å². The van der Waals surface area contributed by atoms with Gasteiger partial charge in [0, 0.05) is 37.6 Å². The fraction of sp³-hybridized carbons (Fsp3) is 0.357. The van der Waals surface area contributed by atoms with Gasteiger partial charge in [0.05, 0.1) is 26.1 Å². The minimum Gasteiger partial charge on any atom is -0.497 e. The van der Waals surface area contributed by atoms with Gasteiger partial charge in [-0.2, -0.15) is 0 Å². The number of rotatable bonds is 6. The number of piperazine rings is 1. The summed E-state index contributed by atoms with van der Waals surface area (Å²) in [6.07, 6.45) is 1.23. The van der Waals surface area contributed by atoms with Crippen LogP contribution in [0, 0.1) is 5.82 Å². The maximum atomic E-state index is 14.0. The Bertz CT molecular complexity index is 1220. The average molecular weight is 508 g/mol. The normalized spacial score (nSPS) is 18.1. The van der Waals surface area contributed by atoms with Crippen molar-refractivity contribution in [1.29, 1.82) is 0 Å². The van der Waals surface area contributed by atoms with Crippen LogP contribution < -0.4 is 4.74 Å². The molecule has 0 N–H and O–H groups in total. The summed E-state index contributed by atoms with van der Waals surface area (Å²) in [5.41, 5.74) is 2.98. The molecule has 36 heavy (non-hydrogen) atoms. The number of amides is 2. The molecule has 1 fully saturated rings. The molecule has 0 unspecified atom stereocenters. The fourth-order valence-corrected chi connectivity index (χ4v) is 6.02. The number of ether oxygens (including phenoxy) is 1. The molecule has 2 amide bonds. The van der Waals surface area contributed by atoms with Crippen molar-refractivity contribution in [1.82, 2.24) is 14.7 Å². The van der Waals surface area contributed by atoms with Gasteiger partial charge in [0.1, 0.15) is 11.6 Å². The van der Waals surface area contributed by atoms with Crippen LogP contribution in [0.3, 0.4) is 0 Å². The van der Waals surface area contributed by atoms with Crippen molar-refractivity contribution in [3.63, 3.8) is 0 Å². The number of benzene rings is 2. The molecule has 0 saturated carbocycles. The van der Waals surface area contributed by atoms with Crippen LogP contribution in [0.2, 0.25) is 0 Å². The first-order valence-corrected chi connectivity index (χ1v) is 13.1.